The van der Waals surface area contributed by atoms with E-state index in [1.165, 1.54) is 47.4 Å². The third-order valence-electron chi connectivity index (χ3n) is 3.68. The van der Waals surface area contributed by atoms with Crippen LogP contribution < -0.4 is 5.32 Å². The highest BCUT2D eigenvalue weighted by atomic mass is 32.1. The predicted octanol–water partition coefficient (Wildman–Crippen LogP) is 3.32. The van der Waals surface area contributed by atoms with Gasteiger partial charge in [0, 0.05) is 15.8 Å². The average Bonchev–Trinajstić information content (AvgIpc) is 2.67. The molecule has 96 valence electrons. The summed E-state index contributed by atoms with van der Waals surface area (Å²) in [5.74, 6) is 0. The first kappa shape index (κ1) is 13.1. The van der Waals surface area contributed by atoms with E-state index in [0.29, 0.717) is 6.04 Å². The summed E-state index contributed by atoms with van der Waals surface area (Å²) in [4.78, 5) is 2.67. The van der Waals surface area contributed by atoms with Crippen molar-refractivity contribution in [3.63, 3.8) is 0 Å². The first-order valence-corrected chi connectivity index (χ1v) is 7.46. The van der Waals surface area contributed by atoms with Gasteiger partial charge in [0.1, 0.15) is 0 Å². The van der Waals surface area contributed by atoms with E-state index in [0.717, 1.165) is 0 Å². The van der Waals surface area contributed by atoms with E-state index in [2.05, 4.69) is 25.2 Å². The van der Waals surface area contributed by atoms with Crippen molar-refractivity contribution in [2.75, 3.05) is 6.61 Å². The van der Waals surface area contributed by atoms with Gasteiger partial charge in [-0.05, 0) is 38.3 Å². The van der Waals surface area contributed by atoms with Crippen LogP contribution >= 0.6 is 11.3 Å². The summed E-state index contributed by atoms with van der Waals surface area (Å²) < 4.78 is 0. The Morgan fingerprint density at radius 2 is 2.06 bits per heavy atom. The Balaban J connectivity index is 2.02. The van der Waals surface area contributed by atoms with E-state index >= 15 is 0 Å². The minimum atomic E-state index is 0.128. The molecule has 17 heavy (non-hydrogen) atoms. The van der Waals surface area contributed by atoms with Gasteiger partial charge in [0.25, 0.3) is 0 Å². The van der Waals surface area contributed by atoms with Crippen LogP contribution in [0.5, 0.6) is 0 Å². The largest absolute Gasteiger partial charge is 0.394 e. The minimum Gasteiger partial charge on any atom is -0.394 e. The molecule has 0 saturated heterocycles. The SMILES string of the molecule is Cc1cc(C(CO)NC2CCCCC2)c(C)s1. The van der Waals surface area contributed by atoms with E-state index in [1.807, 2.05) is 11.3 Å². The second kappa shape index (κ2) is 5.98. The number of hydrogen-bond donors (Lipinski definition) is 2. The van der Waals surface area contributed by atoms with Crippen LogP contribution in [0.15, 0.2) is 6.07 Å². The molecule has 0 aromatic carbocycles. The van der Waals surface area contributed by atoms with Gasteiger partial charge in [-0.25, -0.2) is 0 Å². The summed E-state index contributed by atoms with van der Waals surface area (Å²) in [5, 5.41) is 13.2. The number of thiophene rings is 1. The molecule has 1 aromatic rings. The zero-order chi connectivity index (χ0) is 12.3. The molecule has 0 bridgehead atoms. The fraction of sp³-hybridized carbons (Fsp3) is 0.714. The van der Waals surface area contributed by atoms with Gasteiger partial charge in [-0.2, -0.15) is 0 Å². The number of rotatable bonds is 4. The fourth-order valence-electron chi connectivity index (χ4n) is 2.79. The second-order valence-corrected chi connectivity index (χ2v) is 6.57. The van der Waals surface area contributed by atoms with Crippen LogP contribution in [0.3, 0.4) is 0 Å². The second-order valence-electron chi connectivity index (χ2n) is 5.11. The summed E-state index contributed by atoms with van der Waals surface area (Å²) in [6, 6.07) is 2.94. The van der Waals surface area contributed by atoms with Crippen LogP contribution in [-0.4, -0.2) is 17.8 Å². The van der Waals surface area contributed by atoms with E-state index < -0.39 is 0 Å². The molecule has 1 aliphatic rings. The van der Waals surface area contributed by atoms with Crippen molar-refractivity contribution in [1.82, 2.24) is 5.32 Å². The maximum atomic E-state index is 9.59. The van der Waals surface area contributed by atoms with Crippen LogP contribution in [0.4, 0.5) is 0 Å². The Labute approximate surface area is 108 Å². The molecular formula is C14H23NOS. The van der Waals surface area contributed by atoms with Gasteiger partial charge >= 0.3 is 0 Å². The lowest BCUT2D eigenvalue weighted by atomic mass is 9.94. The Hall–Kier alpha value is -0.380. The monoisotopic (exact) mass is 253 g/mol. The number of hydrogen-bond acceptors (Lipinski definition) is 3. The van der Waals surface area contributed by atoms with Crippen molar-refractivity contribution in [2.45, 2.75) is 58.0 Å². The van der Waals surface area contributed by atoms with E-state index in [4.69, 9.17) is 0 Å². The lowest BCUT2D eigenvalue weighted by molar-refractivity contribution is 0.220. The highest BCUT2D eigenvalue weighted by Crippen LogP contribution is 2.28. The normalized spacial score (nSPS) is 19.5. The molecule has 2 N–H and O–H groups in total. The maximum absolute atomic E-state index is 9.59. The molecular weight excluding hydrogens is 230 g/mol. The summed E-state index contributed by atoms with van der Waals surface area (Å²) in [5.41, 5.74) is 1.29. The smallest absolute Gasteiger partial charge is 0.0627 e. The van der Waals surface area contributed by atoms with Crippen molar-refractivity contribution in [3.05, 3.63) is 21.4 Å². The van der Waals surface area contributed by atoms with Crippen molar-refractivity contribution < 1.29 is 5.11 Å². The molecule has 0 radical (unpaired) electrons. The van der Waals surface area contributed by atoms with Gasteiger partial charge in [0.15, 0.2) is 0 Å². The summed E-state index contributed by atoms with van der Waals surface area (Å²) >= 11 is 1.82. The molecule has 0 amide bonds. The molecule has 1 atom stereocenters. The van der Waals surface area contributed by atoms with E-state index in [-0.39, 0.29) is 12.6 Å². The Kier molecular flexibility index (Phi) is 4.60. The summed E-state index contributed by atoms with van der Waals surface area (Å²) in [7, 11) is 0. The maximum Gasteiger partial charge on any atom is 0.0627 e. The molecule has 1 aromatic heterocycles. The number of nitrogens with one attached hydrogen (secondary N) is 1. The molecule has 1 unspecified atom stereocenters. The number of aliphatic hydroxyl groups is 1. The Morgan fingerprint density at radius 3 is 2.59 bits per heavy atom. The quantitative estimate of drug-likeness (QED) is 0.862. The van der Waals surface area contributed by atoms with Crippen LogP contribution in [0, 0.1) is 13.8 Å². The van der Waals surface area contributed by atoms with Gasteiger partial charge in [-0.15, -0.1) is 11.3 Å². The van der Waals surface area contributed by atoms with Crippen molar-refractivity contribution in [3.8, 4) is 0 Å². The topological polar surface area (TPSA) is 32.3 Å². The van der Waals surface area contributed by atoms with Gasteiger partial charge in [-0.3, -0.25) is 0 Å². The highest BCUT2D eigenvalue weighted by Gasteiger charge is 2.20. The predicted molar refractivity (Wildman–Crippen MR) is 73.6 cm³/mol. The fourth-order valence-corrected chi connectivity index (χ4v) is 3.78. The van der Waals surface area contributed by atoms with Gasteiger partial charge in [-0.1, -0.05) is 19.3 Å². The van der Waals surface area contributed by atoms with Crippen molar-refractivity contribution in [1.29, 1.82) is 0 Å². The molecule has 2 nitrogen and oxygen atoms in total. The van der Waals surface area contributed by atoms with E-state index in [9.17, 15) is 5.11 Å². The van der Waals surface area contributed by atoms with E-state index in [1.54, 1.807) is 0 Å². The summed E-state index contributed by atoms with van der Waals surface area (Å²) in [6.07, 6.45) is 6.56. The third-order valence-corrected chi connectivity index (χ3v) is 4.66. The van der Waals surface area contributed by atoms with Crippen molar-refractivity contribution in [2.24, 2.45) is 0 Å². The average molecular weight is 253 g/mol. The van der Waals surface area contributed by atoms with Gasteiger partial charge < -0.3 is 10.4 Å². The van der Waals surface area contributed by atoms with Gasteiger partial charge in [0.2, 0.25) is 0 Å². The lowest BCUT2D eigenvalue weighted by Crippen LogP contribution is -2.36. The molecule has 0 spiro atoms. The Morgan fingerprint density at radius 1 is 1.35 bits per heavy atom. The first-order valence-electron chi connectivity index (χ1n) is 6.64. The van der Waals surface area contributed by atoms with Crippen molar-refractivity contribution >= 4 is 11.3 Å². The van der Waals surface area contributed by atoms with Crippen LogP contribution in [-0.2, 0) is 0 Å². The summed E-state index contributed by atoms with van der Waals surface area (Å²) in [6.45, 7) is 4.49. The standard InChI is InChI=1S/C14H23NOS/c1-10-8-13(11(2)17-10)14(9-16)15-12-6-4-3-5-7-12/h8,12,14-16H,3-7,9H2,1-2H3. The number of aryl methyl sites for hydroxylation is 2. The zero-order valence-electron chi connectivity index (χ0n) is 10.8. The molecule has 1 aliphatic carbocycles. The zero-order valence-corrected chi connectivity index (χ0v) is 11.6. The molecule has 0 aliphatic heterocycles. The molecule has 1 fully saturated rings. The molecule has 3 heteroatoms. The van der Waals surface area contributed by atoms with Crippen LogP contribution in [0.1, 0.15) is 53.5 Å². The lowest BCUT2D eigenvalue weighted by Gasteiger charge is -2.27. The van der Waals surface area contributed by atoms with Crippen LogP contribution in [0.25, 0.3) is 0 Å². The first-order chi connectivity index (χ1) is 8.20. The van der Waals surface area contributed by atoms with Gasteiger partial charge in [0.05, 0.1) is 12.6 Å². The number of aliphatic hydroxyl groups excluding tert-OH is 1. The van der Waals surface area contributed by atoms with Crippen LogP contribution in [0.2, 0.25) is 0 Å². The third kappa shape index (κ3) is 3.30. The Bertz CT molecular complexity index is 355. The highest BCUT2D eigenvalue weighted by molar-refractivity contribution is 7.12. The minimum absolute atomic E-state index is 0.128. The molecule has 1 saturated carbocycles. The molecule has 1 heterocycles. The molecule has 2 rings (SSSR count).